The standard InChI is InChI=1S/C20H24N6O2/c1-2-9-26-17-8-7-13(10-16(17)22-24-26)19-21-20(28-23-19)14-11-18(27)25(12-14)15-5-3-4-6-15/h7-8,10,14-15H,2-6,9,11-12H2,1H3/t14-/m1/s1. The monoisotopic (exact) mass is 380 g/mol. The molecule has 2 fully saturated rings. The number of rotatable bonds is 5. The molecule has 5 rings (SSSR count). The number of likely N-dealkylation sites (tertiary alicyclic amines) is 1. The Morgan fingerprint density at radius 3 is 2.93 bits per heavy atom. The summed E-state index contributed by atoms with van der Waals surface area (Å²) in [5.74, 6) is 1.29. The van der Waals surface area contributed by atoms with Crippen LogP contribution in [0.5, 0.6) is 0 Å². The maximum atomic E-state index is 12.4. The lowest BCUT2D eigenvalue weighted by Gasteiger charge is -2.23. The molecule has 8 nitrogen and oxygen atoms in total. The van der Waals surface area contributed by atoms with Gasteiger partial charge in [-0.05, 0) is 37.5 Å². The van der Waals surface area contributed by atoms with E-state index in [1.165, 1.54) is 12.8 Å². The van der Waals surface area contributed by atoms with E-state index < -0.39 is 0 Å². The fraction of sp³-hybridized carbons (Fsp3) is 0.550. The fourth-order valence-electron chi connectivity index (χ4n) is 4.47. The van der Waals surface area contributed by atoms with Crippen molar-refractivity contribution in [1.29, 1.82) is 0 Å². The van der Waals surface area contributed by atoms with Gasteiger partial charge >= 0.3 is 0 Å². The summed E-state index contributed by atoms with van der Waals surface area (Å²) < 4.78 is 7.44. The Balaban J connectivity index is 1.36. The second-order valence-electron chi connectivity index (χ2n) is 7.86. The number of carbonyl (C=O) groups is 1. The lowest BCUT2D eigenvalue weighted by molar-refractivity contribution is -0.129. The highest BCUT2D eigenvalue weighted by atomic mass is 16.5. The molecule has 3 heterocycles. The largest absolute Gasteiger partial charge is 0.339 e. The Hall–Kier alpha value is -2.77. The Kier molecular flexibility index (Phi) is 4.33. The molecule has 2 aromatic heterocycles. The van der Waals surface area contributed by atoms with Gasteiger partial charge in [-0.25, -0.2) is 4.68 Å². The van der Waals surface area contributed by atoms with Crippen molar-refractivity contribution in [3.05, 3.63) is 24.1 Å². The minimum Gasteiger partial charge on any atom is -0.339 e. The average molecular weight is 380 g/mol. The highest BCUT2D eigenvalue weighted by Gasteiger charge is 2.38. The molecule has 8 heteroatoms. The third-order valence-electron chi connectivity index (χ3n) is 5.92. The van der Waals surface area contributed by atoms with Gasteiger partial charge in [-0.3, -0.25) is 4.79 Å². The van der Waals surface area contributed by atoms with Gasteiger partial charge in [-0.15, -0.1) is 5.10 Å². The Bertz CT molecular complexity index is 1000. The zero-order valence-electron chi connectivity index (χ0n) is 16.0. The topological polar surface area (TPSA) is 89.9 Å². The smallest absolute Gasteiger partial charge is 0.232 e. The maximum Gasteiger partial charge on any atom is 0.232 e. The van der Waals surface area contributed by atoms with Crippen molar-refractivity contribution in [3.8, 4) is 11.4 Å². The second kappa shape index (κ2) is 7.00. The van der Waals surface area contributed by atoms with E-state index in [0.717, 1.165) is 42.4 Å². The summed E-state index contributed by atoms with van der Waals surface area (Å²) >= 11 is 0. The van der Waals surface area contributed by atoms with Gasteiger partial charge in [0.15, 0.2) is 0 Å². The molecule has 1 saturated heterocycles. The van der Waals surface area contributed by atoms with Crippen LogP contribution >= 0.6 is 0 Å². The fourth-order valence-corrected chi connectivity index (χ4v) is 4.47. The van der Waals surface area contributed by atoms with Gasteiger partial charge in [-0.2, -0.15) is 4.98 Å². The third-order valence-corrected chi connectivity index (χ3v) is 5.92. The van der Waals surface area contributed by atoms with Crippen LogP contribution in [-0.4, -0.2) is 48.5 Å². The Morgan fingerprint density at radius 1 is 1.25 bits per heavy atom. The molecular formula is C20H24N6O2. The Labute approximate surface area is 162 Å². The first-order valence-corrected chi connectivity index (χ1v) is 10.2. The molecule has 1 aromatic carbocycles. The zero-order chi connectivity index (χ0) is 19.1. The second-order valence-corrected chi connectivity index (χ2v) is 7.86. The number of hydrogen-bond donors (Lipinski definition) is 0. The lowest BCUT2D eigenvalue weighted by Crippen LogP contribution is -2.34. The van der Waals surface area contributed by atoms with Crippen molar-refractivity contribution in [2.45, 2.75) is 64.0 Å². The van der Waals surface area contributed by atoms with Crippen LogP contribution in [0, 0.1) is 0 Å². The molecule has 2 aliphatic rings. The van der Waals surface area contributed by atoms with Crippen molar-refractivity contribution >= 4 is 16.9 Å². The summed E-state index contributed by atoms with van der Waals surface area (Å²) in [5.41, 5.74) is 2.67. The van der Waals surface area contributed by atoms with Crippen molar-refractivity contribution in [1.82, 2.24) is 30.0 Å². The maximum absolute atomic E-state index is 12.4. The van der Waals surface area contributed by atoms with Crippen LogP contribution in [0.2, 0.25) is 0 Å². The van der Waals surface area contributed by atoms with Crippen LogP contribution < -0.4 is 0 Å². The summed E-state index contributed by atoms with van der Waals surface area (Å²) in [6.07, 6.45) is 6.14. The van der Waals surface area contributed by atoms with Crippen LogP contribution in [0.25, 0.3) is 22.4 Å². The highest BCUT2D eigenvalue weighted by Crippen LogP contribution is 2.34. The summed E-state index contributed by atoms with van der Waals surface area (Å²) in [4.78, 5) is 19.1. The highest BCUT2D eigenvalue weighted by molar-refractivity contribution is 5.80. The normalized spacial score (nSPS) is 20.7. The molecule has 0 unspecified atom stereocenters. The number of aromatic nitrogens is 5. The number of carbonyl (C=O) groups excluding carboxylic acids is 1. The minimum absolute atomic E-state index is 0.0106. The van der Waals surface area contributed by atoms with E-state index >= 15 is 0 Å². The first-order valence-electron chi connectivity index (χ1n) is 10.2. The summed E-state index contributed by atoms with van der Waals surface area (Å²) in [7, 11) is 0. The van der Waals surface area contributed by atoms with Crippen LogP contribution in [0.1, 0.15) is 57.3 Å². The van der Waals surface area contributed by atoms with Crippen molar-refractivity contribution in [2.75, 3.05) is 6.54 Å². The summed E-state index contributed by atoms with van der Waals surface area (Å²) in [6, 6.07) is 6.30. The van der Waals surface area contributed by atoms with Crippen molar-refractivity contribution in [2.24, 2.45) is 0 Å². The molecule has 0 radical (unpaired) electrons. The molecule has 146 valence electrons. The predicted molar refractivity (Wildman–Crippen MR) is 102 cm³/mol. The average Bonchev–Trinajstić information content (AvgIpc) is 3.48. The molecule has 1 saturated carbocycles. The van der Waals surface area contributed by atoms with Gasteiger partial charge in [0.25, 0.3) is 0 Å². The number of amides is 1. The molecule has 28 heavy (non-hydrogen) atoms. The van der Waals surface area contributed by atoms with E-state index in [0.29, 0.717) is 30.7 Å². The minimum atomic E-state index is -0.0106. The van der Waals surface area contributed by atoms with Crippen LogP contribution in [-0.2, 0) is 11.3 Å². The first-order chi connectivity index (χ1) is 13.7. The molecule has 1 aliphatic heterocycles. The van der Waals surface area contributed by atoms with Crippen LogP contribution in [0.4, 0.5) is 0 Å². The number of aryl methyl sites for hydroxylation is 1. The first kappa shape index (κ1) is 17.3. The molecule has 0 bridgehead atoms. The van der Waals surface area contributed by atoms with E-state index in [2.05, 4.69) is 27.4 Å². The van der Waals surface area contributed by atoms with Gasteiger partial charge in [0.1, 0.15) is 5.52 Å². The quantitative estimate of drug-likeness (QED) is 0.675. The van der Waals surface area contributed by atoms with Gasteiger partial charge < -0.3 is 9.42 Å². The zero-order valence-corrected chi connectivity index (χ0v) is 16.0. The lowest BCUT2D eigenvalue weighted by atomic mass is 10.1. The van der Waals surface area contributed by atoms with E-state index in [1.807, 2.05) is 27.8 Å². The van der Waals surface area contributed by atoms with E-state index in [9.17, 15) is 4.79 Å². The summed E-state index contributed by atoms with van der Waals surface area (Å²) in [6.45, 7) is 3.65. The molecule has 0 spiro atoms. The van der Waals surface area contributed by atoms with Crippen LogP contribution in [0.15, 0.2) is 22.7 Å². The van der Waals surface area contributed by atoms with Gasteiger partial charge in [0.2, 0.25) is 17.6 Å². The molecular weight excluding hydrogens is 356 g/mol. The van der Waals surface area contributed by atoms with E-state index in [-0.39, 0.29) is 11.8 Å². The molecule has 3 aromatic rings. The van der Waals surface area contributed by atoms with E-state index in [4.69, 9.17) is 4.52 Å². The van der Waals surface area contributed by atoms with Gasteiger partial charge in [-0.1, -0.05) is 30.1 Å². The molecule has 0 N–H and O–H groups in total. The van der Waals surface area contributed by atoms with Crippen molar-refractivity contribution in [3.63, 3.8) is 0 Å². The number of hydrogen-bond acceptors (Lipinski definition) is 6. The SMILES string of the molecule is CCCn1nnc2cc(-c3noc([C@@H]4CC(=O)N(C5CCCC5)C4)n3)ccc21. The summed E-state index contributed by atoms with van der Waals surface area (Å²) in [5, 5.41) is 12.6. The molecule has 1 aliphatic carbocycles. The van der Waals surface area contributed by atoms with Gasteiger partial charge in [0, 0.05) is 31.1 Å². The third kappa shape index (κ3) is 2.96. The molecule has 1 amide bonds. The van der Waals surface area contributed by atoms with E-state index in [1.54, 1.807) is 0 Å². The number of fused-ring (bicyclic) bond motifs is 1. The predicted octanol–water partition coefficient (Wildman–Crippen LogP) is 3.15. The number of benzene rings is 1. The number of nitrogens with zero attached hydrogens (tertiary/aromatic N) is 6. The van der Waals surface area contributed by atoms with Gasteiger partial charge in [0.05, 0.1) is 11.4 Å². The molecule has 1 atom stereocenters. The Morgan fingerprint density at radius 2 is 2.11 bits per heavy atom. The van der Waals surface area contributed by atoms with Crippen LogP contribution in [0.3, 0.4) is 0 Å². The van der Waals surface area contributed by atoms with Crippen molar-refractivity contribution < 1.29 is 9.32 Å².